The van der Waals surface area contributed by atoms with Gasteiger partial charge in [0.05, 0.1) is 39.8 Å². The molecule has 0 aromatic heterocycles. The Morgan fingerprint density at radius 3 is 2.31 bits per heavy atom. The molecule has 0 aliphatic heterocycles. The summed E-state index contributed by atoms with van der Waals surface area (Å²) in [5.41, 5.74) is 5.07. The number of nitrogens with zero attached hydrogens (tertiary/aromatic N) is 1. The van der Waals surface area contributed by atoms with E-state index < -0.39 is 18.6 Å². The van der Waals surface area contributed by atoms with Gasteiger partial charge in [-0.3, -0.25) is 15.3 Å². The number of nitrogens with one attached hydrogen (secondary N) is 2. The van der Waals surface area contributed by atoms with Crippen LogP contribution in [0.2, 0.25) is 0 Å². The van der Waals surface area contributed by atoms with Gasteiger partial charge >= 0.3 is 6.09 Å². The van der Waals surface area contributed by atoms with E-state index in [-0.39, 0.29) is 5.69 Å². The monoisotopic (exact) mass is 501 g/mol. The lowest BCUT2D eigenvalue weighted by molar-refractivity contribution is -0.133. The van der Waals surface area contributed by atoms with Crippen LogP contribution in [0, 0.1) is 0 Å². The molecule has 0 fully saturated rings. The second-order valence-corrected chi connectivity index (χ2v) is 7.47. The van der Waals surface area contributed by atoms with E-state index in [4.69, 9.17) is 29.0 Å². The first kappa shape index (κ1) is 26.2. The zero-order chi connectivity index (χ0) is 26.2. The largest absolute Gasteiger partial charge is 0.495 e. The second kappa shape index (κ2) is 11.8. The number of hydrogen-bond donors (Lipinski definition) is 4. The number of methoxy groups -OCH3 is 4. The van der Waals surface area contributed by atoms with Crippen molar-refractivity contribution in [3.63, 3.8) is 0 Å². The molecule has 0 radical (unpaired) electrons. The molecule has 192 valence electrons. The zero-order valence-corrected chi connectivity index (χ0v) is 20.2. The molecule has 1 aliphatic carbocycles. The molecule has 0 unspecified atom stereocenters. The van der Waals surface area contributed by atoms with Gasteiger partial charge in [0.1, 0.15) is 5.75 Å². The average Bonchev–Trinajstić information content (AvgIpc) is 3.06. The molecule has 0 saturated carbocycles. The lowest BCUT2D eigenvalue weighted by Crippen LogP contribution is -2.23. The number of oxime groups is 1. The van der Waals surface area contributed by atoms with E-state index in [0.717, 1.165) is 11.1 Å². The van der Waals surface area contributed by atoms with E-state index in [9.17, 15) is 14.7 Å². The molecular weight excluding hydrogens is 474 g/mol. The first-order valence-corrected chi connectivity index (χ1v) is 10.7. The summed E-state index contributed by atoms with van der Waals surface area (Å²) >= 11 is 0. The Balaban J connectivity index is 2.23. The van der Waals surface area contributed by atoms with E-state index in [1.807, 2.05) is 0 Å². The molecule has 2 aromatic carbocycles. The van der Waals surface area contributed by atoms with Crippen LogP contribution in [0.1, 0.15) is 23.1 Å². The summed E-state index contributed by atoms with van der Waals surface area (Å²) in [7, 11) is 5.99. The number of hydroxylamine groups is 1. The summed E-state index contributed by atoms with van der Waals surface area (Å²) < 4.78 is 22.1. The molecule has 12 heteroatoms. The van der Waals surface area contributed by atoms with Crippen LogP contribution in [0.25, 0.3) is 5.57 Å². The minimum atomic E-state index is -1.24. The Morgan fingerprint density at radius 1 is 0.972 bits per heavy atom. The molecule has 1 aliphatic rings. The van der Waals surface area contributed by atoms with Crippen LogP contribution < -0.4 is 29.7 Å². The highest BCUT2D eigenvalue weighted by Crippen LogP contribution is 2.47. The Kier molecular flexibility index (Phi) is 8.57. The van der Waals surface area contributed by atoms with Gasteiger partial charge in [-0.15, -0.1) is 0 Å². The maximum atomic E-state index is 11.4. The van der Waals surface area contributed by atoms with Crippen molar-refractivity contribution in [2.75, 3.05) is 40.4 Å². The maximum Gasteiger partial charge on any atom is 0.409 e. The minimum Gasteiger partial charge on any atom is -0.495 e. The second-order valence-electron chi connectivity index (χ2n) is 7.47. The highest BCUT2D eigenvalue weighted by molar-refractivity contribution is 6.06. The van der Waals surface area contributed by atoms with Gasteiger partial charge in [-0.2, -0.15) is 0 Å². The van der Waals surface area contributed by atoms with Crippen molar-refractivity contribution in [2.45, 2.75) is 12.8 Å². The van der Waals surface area contributed by atoms with Crippen LogP contribution in [-0.4, -0.2) is 63.1 Å². The Morgan fingerprint density at radius 2 is 1.69 bits per heavy atom. The molecule has 36 heavy (non-hydrogen) atoms. The first-order chi connectivity index (χ1) is 17.4. The summed E-state index contributed by atoms with van der Waals surface area (Å²) in [6.45, 7) is -0.476. The molecule has 0 bridgehead atoms. The maximum absolute atomic E-state index is 11.4. The van der Waals surface area contributed by atoms with Crippen LogP contribution in [0.5, 0.6) is 23.0 Å². The van der Waals surface area contributed by atoms with Crippen molar-refractivity contribution < 1.29 is 43.7 Å². The lowest BCUT2D eigenvalue weighted by Gasteiger charge is -2.20. The van der Waals surface area contributed by atoms with Crippen molar-refractivity contribution in [3.05, 3.63) is 47.0 Å². The van der Waals surface area contributed by atoms with Crippen LogP contribution >= 0.6 is 0 Å². The predicted octanol–water partition coefficient (Wildman–Crippen LogP) is 3.07. The number of carbonyl (C=O) groups excluding carboxylic acids is 1. The zero-order valence-electron chi connectivity index (χ0n) is 20.2. The van der Waals surface area contributed by atoms with Crippen molar-refractivity contribution in [1.29, 1.82) is 0 Å². The van der Waals surface area contributed by atoms with Gasteiger partial charge in [0.2, 0.25) is 5.75 Å². The molecule has 2 aromatic rings. The van der Waals surface area contributed by atoms with Crippen molar-refractivity contribution in [1.82, 2.24) is 5.48 Å². The fraction of sp³-hybridized carbons (Fsp3) is 0.292. The van der Waals surface area contributed by atoms with Gasteiger partial charge in [0.15, 0.2) is 18.1 Å². The number of rotatable bonds is 9. The fourth-order valence-corrected chi connectivity index (χ4v) is 3.88. The third-order valence-electron chi connectivity index (χ3n) is 5.42. The summed E-state index contributed by atoms with van der Waals surface area (Å²) in [6.07, 6.45) is 1.41. The number of carboxylic acid groups (broad SMARTS) is 1. The molecule has 0 heterocycles. The van der Waals surface area contributed by atoms with E-state index >= 15 is 0 Å². The van der Waals surface area contributed by atoms with Crippen molar-refractivity contribution in [3.8, 4) is 23.0 Å². The molecule has 12 nitrogen and oxygen atoms in total. The van der Waals surface area contributed by atoms with Gasteiger partial charge in [-0.05, 0) is 53.8 Å². The predicted molar refractivity (Wildman–Crippen MR) is 129 cm³/mol. The molecule has 4 N–H and O–H groups in total. The number of fused-ring (bicyclic) bond motifs is 1. The van der Waals surface area contributed by atoms with E-state index in [0.29, 0.717) is 52.7 Å². The van der Waals surface area contributed by atoms with Crippen LogP contribution in [0.4, 0.5) is 10.5 Å². The Labute approximate surface area is 207 Å². The number of carbonyl (C=O) groups is 2. The highest BCUT2D eigenvalue weighted by atomic mass is 16.6. The van der Waals surface area contributed by atoms with Gasteiger partial charge in [-0.25, -0.2) is 10.3 Å². The molecule has 0 saturated heterocycles. The SMILES string of the molecule is COc1ccc(C2=C/C(=N/OCC(=O)NO)CCc3c2cc(OC)c(OC)c3OC)cc1NC(=O)O. The minimum absolute atomic E-state index is 0.246. The Hall–Kier alpha value is -4.45. The standard InChI is InChI=1S/C24H27N3O9/c1-32-19-8-5-13(9-18(19)25-24(29)30)16-10-14(27-36-12-21(28)26-31)6-7-15-17(16)11-20(33-2)23(35-4)22(15)34-3/h5,8-11,25,31H,6-7,12H2,1-4H3,(H,26,28)(H,29,30)/b27-14+. The van der Waals surface area contributed by atoms with Gasteiger partial charge in [0, 0.05) is 5.56 Å². The number of anilines is 1. The smallest absolute Gasteiger partial charge is 0.409 e. The highest BCUT2D eigenvalue weighted by Gasteiger charge is 2.26. The number of amides is 2. The molecule has 3 rings (SSSR count). The van der Waals surface area contributed by atoms with Crippen molar-refractivity contribution >= 4 is 29.0 Å². The number of ether oxygens (including phenoxy) is 4. The van der Waals surface area contributed by atoms with Gasteiger partial charge < -0.3 is 28.9 Å². The summed E-state index contributed by atoms with van der Waals surface area (Å²) in [5.74, 6) is 0.936. The number of benzene rings is 2. The van der Waals surface area contributed by atoms with Gasteiger partial charge in [0.25, 0.3) is 5.91 Å². The normalized spacial score (nSPS) is 13.6. The average molecular weight is 501 g/mol. The van der Waals surface area contributed by atoms with E-state index in [2.05, 4.69) is 10.5 Å². The van der Waals surface area contributed by atoms with Gasteiger partial charge in [-0.1, -0.05) is 11.2 Å². The van der Waals surface area contributed by atoms with Crippen LogP contribution in [-0.2, 0) is 16.1 Å². The van der Waals surface area contributed by atoms with Crippen molar-refractivity contribution in [2.24, 2.45) is 5.16 Å². The topological polar surface area (TPSA) is 157 Å². The summed E-state index contributed by atoms with van der Waals surface area (Å²) in [6, 6.07) is 6.85. The molecule has 2 amide bonds. The number of hydrogen-bond acceptors (Lipinski definition) is 9. The van der Waals surface area contributed by atoms with Crippen LogP contribution in [0.15, 0.2) is 35.5 Å². The third-order valence-corrected chi connectivity index (χ3v) is 5.42. The first-order valence-electron chi connectivity index (χ1n) is 10.7. The molecular formula is C24H27N3O9. The van der Waals surface area contributed by atoms with E-state index in [1.54, 1.807) is 30.3 Å². The summed E-state index contributed by atoms with van der Waals surface area (Å²) in [4.78, 5) is 27.8. The van der Waals surface area contributed by atoms with Crippen LogP contribution in [0.3, 0.4) is 0 Å². The fourth-order valence-electron chi connectivity index (χ4n) is 3.88. The Bertz CT molecular complexity index is 1210. The quantitative estimate of drug-likeness (QED) is 0.299. The number of allylic oxidation sites excluding steroid dienone is 1. The summed E-state index contributed by atoms with van der Waals surface area (Å²) in [5, 5.41) is 24.4. The lowest BCUT2D eigenvalue weighted by atomic mass is 9.92. The molecule has 0 spiro atoms. The third kappa shape index (κ3) is 5.61. The molecule has 0 atom stereocenters. The van der Waals surface area contributed by atoms with E-state index in [1.165, 1.54) is 33.9 Å².